The number of rotatable bonds is 4. The summed E-state index contributed by atoms with van der Waals surface area (Å²) in [6.07, 6.45) is 0. The van der Waals surface area contributed by atoms with Gasteiger partial charge in [-0.2, -0.15) is 5.26 Å². The smallest absolute Gasteiger partial charge is 0.332 e. The molecular weight excluding hydrogens is 203 g/mol. The number of anilines is 1. The Morgan fingerprint density at radius 3 is 2.93 bits per heavy atom. The number of carboxylic acids is 1. The molecule has 0 saturated heterocycles. The number of hydrogen-bond acceptors (Lipinski definition) is 4. The molecule has 0 amide bonds. The molecule has 5 nitrogen and oxygen atoms in total. The Balaban J connectivity index is 2.63. The molecule has 0 radical (unpaired) electrons. The summed E-state index contributed by atoms with van der Waals surface area (Å²) in [5, 5.41) is 16.7. The second kappa shape index (κ2) is 4.93. The lowest BCUT2D eigenvalue weighted by atomic mass is 10.2. The molecule has 0 aliphatic carbocycles. The van der Waals surface area contributed by atoms with Gasteiger partial charge in [-0.3, -0.25) is 10.3 Å². The van der Waals surface area contributed by atoms with Crippen LogP contribution in [-0.4, -0.2) is 17.7 Å². The van der Waals surface area contributed by atoms with Crippen LogP contribution in [0.1, 0.15) is 5.56 Å². The maximum absolute atomic E-state index is 13.1. The van der Waals surface area contributed by atoms with Crippen molar-refractivity contribution in [2.24, 2.45) is 0 Å². The lowest BCUT2D eigenvalue weighted by molar-refractivity contribution is -0.141. The van der Waals surface area contributed by atoms with Crippen LogP contribution in [0.3, 0.4) is 0 Å². The first-order valence-corrected chi connectivity index (χ1v) is 3.92. The lowest BCUT2D eigenvalue weighted by Gasteiger charge is -2.05. The molecular formula is C9H7FN2O3. The number of carboxylic acid groups (broad SMARTS) is 1. The molecule has 2 N–H and O–H groups in total. The van der Waals surface area contributed by atoms with Gasteiger partial charge in [0.15, 0.2) is 6.61 Å². The monoisotopic (exact) mass is 210 g/mol. The zero-order valence-electron chi connectivity index (χ0n) is 7.53. The van der Waals surface area contributed by atoms with E-state index in [1.165, 1.54) is 12.1 Å². The summed E-state index contributed by atoms with van der Waals surface area (Å²) < 4.78 is 13.1. The molecule has 0 spiro atoms. The highest BCUT2D eigenvalue weighted by Crippen LogP contribution is 2.14. The summed E-state index contributed by atoms with van der Waals surface area (Å²) in [4.78, 5) is 14.5. The van der Waals surface area contributed by atoms with Crippen molar-refractivity contribution in [1.29, 1.82) is 5.26 Å². The fraction of sp³-hybridized carbons (Fsp3) is 0.111. The van der Waals surface area contributed by atoms with E-state index in [1.807, 2.05) is 0 Å². The van der Waals surface area contributed by atoms with E-state index in [4.69, 9.17) is 10.4 Å². The summed E-state index contributed by atoms with van der Waals surface area (Å²) in [5.41, 5.74) is 2.29. The van der Waals surface area contributed by atoms with Crippen molar-refractivity contribution in [3.8, 4) is 6.07 Å². The first-order valence-electron chi connectivity index (χ1n) is 3.92. The molecule has 0 unspecified atom stereocenters. The highest BCUT2D eigenvalue weighted by molar-refractivity contribution is 5.68. The van der Waals surface area contributed by atoms with Crippen molar-refractivity contribution in [2.45, 2.75) is 0 Å². The first kappa shape index (κ1) is 10.9. The van der Waals surface area contributed by atoms with E-state index in [2.05, 4.69) is 10.3 Å². The molecule has 0 aliphatic rings. The average molecular weight is 210 g/mol. The molecule has 1 aromatic carbocycles. The van der Waals surface area contributed by atoms with E-state index in [9.17, 15) is 9.18 Å². The minimum absolute atomic E-state index is 0.0183. The lowest BCUT2D eigenvalue weighted by Crippen LogP contribution is -2.12. The first-order chi connectivity index (χ1) is 7.13. The highest BCUT2D eigenvalue weighted by atomic mass is 19.1. The standard InChI is InChI=1S/C9H7FN2O3/c10-7-3-6(4-11)1-2-8(7)12-15-5-9(13)14/h1-3,12H,5H2,(H,13,14). The average Bonchev–Trinajstić information content (AvgIpc) is 2.20. The van der Waals surface area contributed by atoms with Gasteiger partial charge in [0, 0.05) is 0 Å². The summed E-state index contributed by atoms with van der Waals surface area (Å²) in [6.45, 7) is -0.584. The predicted octanol–water partition coefficient (Wildman–Crippen LogP) is 1.13. The summed E-state index contributed by atoms with van der Waals surface area (Å²) >= 11 is 0. The topological polar surface area (TPSA) is 82.3 Å². The van der Waals surface area contributed by atoms with Gasteiger partial charge in [0.1, 0.15) is 5.82 Å². The van der Waals surface area contributed by atoms with Crippen molar-refractivity contribution >= 4 is 11.7 Å². The largest absolute Gasteiger partial charge is 0.479 e. The van der Waals surface area contributed by atoms with Gasteiger partial charge >= 0.3 is 5.97 Å². The van der Waals surface area contributed by atoms with Gasteiger partial charge in [-0.1, -0.05) is 0 Å². The van der Waals surface area contributed by atoms with Crippen molar-refractivity contribution < 1.29 is 19.1 Å². The van der Waals surface area contributed by atoms with Gasteiger partial charge in [-0.05, 0) is 18.2 Å². The normalized spacial score (nSPS) is 9.33. The Kier molecular flexibility index (Phi) is 3.60. The van der Waals surface area contributed by atoms with Crippen LogP contribution in [0.25, 0.3) is 0 Å². The van der Waals surface area contributed by atoms with E-state index in [-0.39, 0.29) is 11.3 Å². The Morgan fingerprint density at radius 2 is 2.40 bits per heavy atom. The maximum Gasteiger partial charge on any atom is 0.332 e. The second-order valence-corrected chi connectivity index (χ2v) is 2.59. The summed E-state index contributed by atoms with van der Waals surface area (Å²) in [6, 6.07) is 5.46. The SMILES string of the molecule is N#Cc1ccc(NOCC(=O)O)c(F)c1. The van der Waals surface area contributed by atoms with Crippen molar-refractivity contribution in [1.82, 2.24) is 0 Å². The van der Waals surface area contributed by atoms with Crippen LogP contribution in [0.4, 0.5) is 10.1 Å². The van der Waals surface area contributed by atoms with E-state index in [1.54, 1.807) is 6.07 Å². The van der Waals surface area contributed by atoms with Crippen molar-refractivity contribution in [3.05, 3.63) is 29.6 Å². The van der Waals surface area contributed by atoms with E-state index < -0.39 is 18.4 Å². The Labute approximate surface area is 84.7 Å². The van der Waals surface area contributed by atoms with Crippen LogP contribution < -0.4 is 5.48 Å². The third-order valence-corrected chi connectivity index (χ3v) is 1.48. The zero-order chi connectivity index (χ0) is 11.3. The molecule has 0 saturated carbocycles. The van der Waals surface area contributed by atoms with Gasteiger partial charge < -0.3 is 5.11 Å². The fourth-order valence-electron chi connectivity index (χ4n) is 0.843. The van der Waals surface area contributed by atoms with Crippen LogP contribution in [-0.2, 0) is 9.63 Å². The van der Waals surface area contributed by atoms with Gasteiger partial charge in [0.25, 0.3) is 0 Å². The molecule has 78 valence electrons. The van der Waals surface area contributed by atoms with Crippen LogP contribution in [0.2, 0.25) is 0 Å². The van der Waals surface area contributed by atoms with E-state index in [0.717, 1.165) is 6.07 Å². The second-order valence-electron chi connectivity index (χ2n) is 2.59. The fourth-order valence-corrected chi connectivity index (χ4v) is 0.843. The zero-order valence-corrected chi connectivity index (χ0v) is 7.53. The predicted molar refractivity (Wildman–Crippen MR) is 48.3 cm³/mol. The molecule has 0 fully saturated rings. The number of nitriles is 1. The molecule has 0 atom stereocenters. The maximum atomic E-state index is 13.1. The minimum Gasteiger partial charge on any atom is -0.479 e. The number of hydrogen-bond donors (Lipinski definition) is 2. The number of carbonyl (C=O) groups is 1. The van der Waals surface area contributed by atoms with Crippen LogP contribution in [0.15, 0.2) is 18.2 Å². The number of aliphatic carboxylic acids is 1. The number of halogens is 1. The van der Waals surface area contributed by atoms with Crippen LogP contribution in [0, 0.1) is 17.1 Å². The molecule has 6 heteroatoms. The Bertz CT molecular complexity index is 414. The molecule has 1 aromatic rings. The van der Waals surface area contributed by atoms with Crippen molar-refractivity contribution in [3.63, 3.8) is 0 Å². The minimum atomic E-state index is -1.17. The van der Waals surface area contributed by atoms with Gasteiger partial charge in [0.05, 0.1) is 17.3 Å². The quantitative estimate of drug-likeness (QED) is 0.728. The van der Waals surface area contributed by atoms with Crippen LogP contribution >= 0.6 is 0 Å². The molecule has 0 heterocycles. The van der Waals surface area contributed by atoms with Gasteiger partial charge in [-0.15, -0.1) is 0 Å². The molecule has 0 aromatic heterocycles. The number of nitrogens with zero attached hydrogens (tertiary/aromatic N) is 1. The van der Waals surface area contributed by atoms with Crippen molar-refractivity contribution in [2.75, 3.05) is 12.1 Å². The highest BCUT2D eigenvalue weighted by Gasteiger charge is 2.04. The number of nitrogens with one attached hydrogen (secondary N) is 1. The van der Waals surface area contributed by atoms with E-state index >= 15 is 0 Å². The third-order valence-electron chi connectivity index (χ3n) is 1.48. The summed E-state index contributed by atoms with van der Waals surface area (Å²) in [7, 11) is 0. The van der Waals surface area contributed by atoms with E-state index in [0.29, 0.717) is 0 Å². The molecule has 0 aliphatic heterocycles. The molecule has 15 heavy (non-hydrogen) atoms. The van der Waals surface area contributed by atoms with Gasteiger partial charge in [0.2, 0.25) is 0 Å². The van der Waals surface area contributed by atoms with Crippen LogP contribution in [0.5, 0.6) is 0 Å². The Morgan fingerprint density at radius 1 is 1.67 bits per heavy atom. The number of benzene rings is 1. The Hall–Kier alpha value is -2.13. The summed E-state index contributed by atoms with van der Waals surface area (Å²) in [5.74, 6) is -1.85. The third kappa shape index (κ3) is 3.25. The molecule has 1 rings (SSSR count). The van der Waals surface area contributed by atoms with Gasteiger partial charge in [-0.25, -0.2) is 9.18 Å². The molecule has 0 bridgehead atoms.